The van der Waals surface area contributed by atoms with Crippen molar-refractivity contribution >= 4 is 55.7 Å². The summed E-state index contributed by atoms with van der Waals surface area (Å²) in [5.41, 5.74) is 10.1. The van der Waals surface area contributed by atoms with Gasteiger partial charge in [0.15, 0.2) is 0 Å². The molecule has 0 fully saturated rings. The van der Waals surface area contributed by atoms with Gasteiger partial charge < -0.3 is 5.73 Å². The van der Waals surface area contributed by atoms with E-state index >= 15 is 0 Å². The highest BCUT2D eigenvalue weighted by molar-refractivity contribution is 9.10. The number of nitrogens with zero attached hydrogens (tertiary/aromatic N) is 1. The van der Waals surface area contributed by atoms with Crippen LogP contribution in [0.15, 0.2) is 10.5 Å². The highest BCUT2D eigenvalue weighted by Gasteiger charge is 2.19. The molecule has 0 unspecified atom stereocenters. The highest BCUT2D eigenvalue weighted by atomic mass is 79.9. The lowest BCUT2D eigenvalue weighted by Crippen LogP contribution is -2.03. The Bertz CT molecular complexity index is 671. The maximum absolute atomic E-state index is 6.33. The fourth-order valence-corrected chi connectivity index (χ4v) is 3.61. The van der Waals surface area contributed by atoms with E-state index in [0.717, 1.165) is 40.5 Å². The number of hydrogen-bond acceptors (Lipinski definition) is 2. The summed E-state index contributed by atoms with van der Waals surface area (Å²) in [5.74, 6) is 0. The number of hydrogen-bond donors (Lipinski definition) is 1. The first-order chi connectivity index (χ1) is 9.09. The molecule has 1 aliphatic carbocycles. The van der Waals surface area contributed by atoms with E-state index in [-0.39, 0.29) is 0 Å². The number of anilines is 1. The molecule has 0 bridgehead atoms. The van der Waals surface area contributed by atoms with Crippen molar-refractivity contribution in [3.63, 3.8) is 0 Å². The summed E-state index contributed by atoms with van der Waals surface area (Å²) in [4.78, 5) is 4.72. The van der Waals surface area contributed by atoms with Gasteiger partial charge >= 0.3 is 0 Å². The van der Waals surface area contributed by atoms with Gasteiger partial charge in [-0.1, -0.05) is 29.6 Å². The number of nitrogens with two attached hydrogens (primary N) is 1. The van der Waals surface area contributed by atoms with E-state index in [4.69, 9.17) is 33.9 Å². The van der Waals surface area contributed by atoms with Crippen LogP contribution in [0.2, 0.25) is 10.0 Å². The molecule has 5 heteroatoms. The van der Waals surface area contributed by atoms with Crippen LogP contribution in [0.5, 0.6) is 0 Å². The summed E-state index contributed by atoms with van der Waals surface area (Å²) in [6.07, 6.45) is 5.53. The van der Waals surface area contributed by atoms with Crippen molar-refractivity contribution < 1.29 is 0 Å². The maximum Gasteiger partial charge on any atom is 0.0928 e. The Morgan fingerprint density at radius 2 is 1.84 bits per heavy atom. The minimum absolute atomic E-state index is 0.477. The molecule has 2 N–H and O–H groups in total. The Morgan fingerprint density at radius 3 is 2.63 bits per heavy atom. The predicted molar refractivity (Wildman–Crippen MR) is 85.1 cm³/mol. The van der Waals surface area contributed by atoms with Crippen molar-refractivity contribution in [3.05, 3.63) is 31.8 Å². The van der Waals surface area contributed by atoms with E-state index in [2.05, 4.69) is 15.9 Å². The first kappa shape index (κ1) is 13.5. The smallest absolute Gasteiger partial charge is 0.0928 e. The van der Waals surface area contributed by atoms with E-state index in [1.165, 1.54) is 18.4 Å². The summed E-state index contributed by atoms with van der Waals surface area (Å²) >= 11 is 15.9. The Hall–Kier alpha value is -0.510. The Morgan fingerprint density at radius 1 is 1.11 bits per heavy atom. The minimum Gasteiger partial charge on any atom is -0.398 e. The number of fused-ring (bicyclic) bond motifs is 2. The number of rotatable bonds is 0. The first-order valence-corrected chi connectivity index (χ1v) is 7.89. The first-order valence-electron chi connectivity index (χ1n) is 6.34. The largest absolute Gasteiger partial charge is 0.398 e. The zero-order valence-corrected chi connectivity index (χ0v) is 13.4. The van der Waals surface area contributed by atoms with Gasteiger partial charge in [-0.05, 0) is 53.2 Å². The molecule has 1 aliphatic rings. The average molecular weight is 360 g/mol. The third kappa shape index (κ3) is 2.22. The Balaban J connectivity index is 2.37. The van der Waals surface area contributed by atoms with E-state index < -0.39 is 0 Å². The molecule has 1 heterocycles. The van der Waals surface area contributed by atoms with Crippen LogP contribution in [-0.2, 0) is 12.8 Å². The van der Waals surface area contributed by atoms with Crippen LogP contribution in [0.1, 0.15) is 30.5 Å². The average Bonchev–Trinajstić information content (AvgIpc) is 2.63. The summed E-state index contributed by atoms with van der Waals surface area (Å²) in [6, 6.07) is 1.91. The van der Waals surface area contributed by atoms with Crippen LogP contribution in [0.4, 0.5) is 5.69 Å². The van der Waals surface area contributed by atoms with Crippen molar-refractivity contribution in [1.82, 2.24) is 4.98 Å². The van der Waals surface area contributed by atoms with Gasteiger partial charge in [-0.3, -0.25) is 4.98 Å². The van der Waals surface area contributed by atoms with Gasteiger partial charge in [0.1, 0.15) is 0 Å². The lowest BCUT2D eigenvalue weighted by atomic mass is 10.0. The quantitative estimate of drug-likeness (QED) is 0.521. The predicted octanol–water partition coefficient (Wildman–Crippen LogP) is 5.16. The molecule has 0 saturated heterocycles. The standard InChI is InChI=1S/C14H13BrCl2N2/c15-9-6-8-13(18)7-4-2-1-3-5-10(7)19-14(8)12(17)11(9)16/h6H,1-5H2,(H2,18,19). The lowest BCUT2D eigenvalue weighted by molar-refractivity contribution is 0.709. The molecular formula is C14H13BrCl2N2. The molecular weight excluding hydrogens is 347 g/mol. The second-order valence-electron chi connectivity index (χ2n) is 4.89. The van der Waals surface area contributed by atoms with Gasteiger partial charge in [-0.25, -0.2) is 0 Å². The van der Waals surface area contributed by atoms with E-state index in [1.54, 1.807) is 0 Å². The number of pyridine rings is 1. The number of benzene rings is 1. The normalized spacial score (nSPS) is 15.3. The van der Waals surface area contributed by atoms with Crippen LogP contribution in [0.3, 0.4) is 0 Å². The van der Waals surface area contributed by atoms with Crippen LogP contribution < -0.4 is 5.73 Å². The zero-order chi connectivity index (χ0) is 13.6. The van der Waals surface area contributed by atoms with Crippen LogP contribution in [-0.4, -0.2) is 4.98 Å². The molecule has 1 aromatic heterocycles. The molecule has 0 amide bonds. The number of aromatic nitrogens is 1. The van der Waals surface area contributed by atoms with Crippen LogP contribution >= 0.6 is 39.1 Å². The fourth-order valence-electron chi connectivity index (χ4n) is 2.68. The van der Waals surface area contributed by atoms with Gasteiger partial charge in [0, 0.05) is 21.2 Å². The molecule has 3 rings (SSSR count). The summed E-state index contributed by atoms with van der Waals surface area (Å²) in [6.45, 7) is 0. The monoisotopic (exact) mass is 358 g/mol. The lowest BCUT2D eigenvalue weighted by Gasteiger charge is -2.14. The van der Waals surface area contributed by atoms with E-state index in [0.29, 0.717) is 15.6 Å². The molecule has 1 aromatic carbocycles. The third-order valence-corrected chi connectivity index (χ3v) is 5.40. The van der Waals surface area contributed by atoms with Crippen LogP contribution in [0, 0.1) is 0 Å². The molecule has 100 valence electrons. The zero-order valence-electron chi connectivity index (χ0n) is 10.3. The second-order valence-corrected chi connectivity index (χ2v) is 6.50. The summed E-state index contributed by atoms with van der Waals surface area (Å²) < 4.78 is 0.758. The van der Waals surface area contributed by atoms with Gasteiger partial charge in [0.2, 0.25) is 0 Å². The molecule has 19 heavy (non-hydrogen) atoms. The number of halogens is 3. The SMILES string of the molecule is Nc1c2c(nc3c(Cl)c(Cl)c(Br)cc13)CCCCC2. The Kier molecular flexibility index (Phi) is 3.63. The Labute approximate surface area is 130 Å². The van der Waals surface area contributed by atoms with Gasteiger partial charge in [-0.2, -0.15) is 0 Å². The van der Waals surface area contributed by atoms with Crippen molar-refractivity contribution in [3.8, 4) is 0 Å². The van der Waals surface area contributed by atoms with Crippen molar-refractivity contribution in [1.29, 1.82) is 0 Å². The van der Waals surface area contributed by atoms with Crippen molar-refractivity contribution in [2.75, 3.05) is 5.73 Å². The summed E-state index contributed by atoms with van der Waals surface area (Å²) in [5, 5.41) is 1.86. The summed E-state index contributed by atoms with van der Waals surface area (Å²) in [7, 11) is 0. The molecule has 2 nitrogen and oxygen atoms in total. The fraction of sp³-hybridized carbons (Fsp3) is 0.357. The number of nitrogen functional groups attached to an aromatic ring is 1. The second kappa shape index (κ2) is 5.12. The molecule has 0 saturated carbocycles. The topological polar surface area (TPSA) is 38.9 Å². The molecule has 0 spiro atoms. The highest BCUT2D eigenvalue weighted by Crippen LogP contribution is 2.40. The maximum atomic E-state index is 6.33. The van der Waals surface area contributed by atoms with Crippen molar-refractivity contribution in [2.45, 2.75) is 32.1 Å². The van der Waals surface area contributed by atoms with Crippen molar-refractivity contribution in [2.24, 2.45) is 0 Å². The van der Waals surface area contributed by atoms with Gasteiger partial charge in [0.05, 0.1) is 15.6 Å². The van der Waals surface area contributed by atoms with Gasteiger partial charge in [0.25, 0.3) is 0 Å². The molecule has 0 radical (unpaired) electrons. The molecule has 0 atom stereocenters. The molecule has 2 aromatic rings. The number of aryl methyl sites for hydroxylation is 1. The van der Waals surface area contributed by atoms with Crippen LogP contribution in [0.25, 0.3) is 10.9 Å². The van der Waals surface area contributed by atoms with E-state index in [9.17, 15) is 0 Å². The minimum atomic E-state index is 0.477. The van der Waals surface area contributed by atoms with Gasteiger partial charge in [-0.15, -0.1) is 0 Å². The third-order valence-electron chi connectivity index (χ3n) is 3.69. The molecule has 0 aliphatic heterocycles. The van der Waals surface area contributed by atoms with E-state index in [1.807, 2.05) is 6.07 Å².